The van der Waals surface area contributed by atoms with Gasteiger partial charge in [-0.05, 0) is 111 Å². The van der Waals surface area contributed by atoms with Crippen LogP contribution < -0.4 is 9.64 Å². The Balaban J connectivity index is 1.02. The summed E-state index contributed by atoms with van der Waals surface area (Å²) in [6.45, 7) is 4.68. The number of hydrogen-bond acceptors (Lipinski definition) is 2. The SMILES string of the molecule is CC1(C)c2ccccc2-c2cc(-n3c4ccccc4c4ccc(-c5cccc(-c6ccc7c(c6)Oc6ccccc6N7c6ccccc6)c5)cc43)ccc21. The van der Waals surface area contributed by atoms with E-state index in [0.29, 0.717) is 0 Å². The molecule has 0 radical (unpaired) electrons. The Morgan fingerprint density at radius 2 is 1.07 bits per heavy atom. The maximum atomic E-state index is 6.55. The summed E-state index contributed by atoms with van der Waals surface area (Å²) in [5, 5.41) is 2.51. The lowest BCUT2D eigenvalue weighted by Crippen LogP contribution is -2.15. The maximum absolute atomic E-state index is 6.55. The van der Waals surface area contributed by atoms with Gasteiger partial charge in [0, 0.05) is 27.6 Å². The number of hydrogen-bond donors (Lipinski definition) is 0. The fraction of sp³-hybridized carbons (Fsp3) is 0.0588. The molecule has 11 rings (SSSR count). The maximum Gasteiger partial charge on any atom is 0.152 e. The molecule has 1 aromatic heterocycles. The van der Waals surface area contributed by atoms with Crippen molar-refractivity contribution in [1.82, 2.24) is 4.57 Å². The molecule has 0 atom stereocenters. The van der Waals surface area contributed by atoms with E-state index in [1.54, 1.807) is 0 Å². The summed E-state index contributed by atoms with van der Waals surface area (Å²) in [7, 11) is 0. The second-order valence-corrected chi connectivity index (χ2v) is 15.0. The van der Waals surface area contributed by atoms with Crippen LogP contribution in [0.15, 0.2) is 182 Å². The number of anilines is 3. The Bertz CT molecular complexity index is 2950. The fourth-order valence-electron chi connectivity index (χ4n) is 8.95. The van der Waals surface area contributed by atoms with Gasteiger partial charge in [0.25, 0.3) is 0 Å². The lowest BCUT2D eigenvalue weighted by atomic mass is 9.82. The monoisotopic (exact) mass is 692 g/mol. The highest BCUT2D eigenvalue weighted by atomic mass is 16.5. The van der Waals surface area contributed by atoms with Gasteiger partial charge in [-0.25, -0.2) is 0 Å². The van der Waals surface area contributed by atoms with E-state index >= 15 is 0 Å². The molecule has 0 amide bonds. The normalized spacial score (nSPS) is 13.6. The minimum absolute atomic E-state index is 0.0284. The molecule has 3 heteroatoms. The van der Waals surface area contributed by atoms with Gasteiger partial charge in [-0.2, -0.15) is 0 Å². The van der Waals surface area contributed by atoms with Crippen molar-refractivity contribution in [2.45, 2.75) is 19.3 Å². The van der Waals surface area contributed by atoms with Crippen LogP contribution >= 0.6 is 0 Å². The predicted molar refractivity (Wildman–Crippen MR) is 224 cm³/mol. The van der Waals surface area contributed by atoms with E-state index < -0.39 is 0 Å². The highest BCUT2D eigenvalue weighted by Crippen LogP contribution is 2.52. The molecule has 0 bridgehead atoms. The minimum atomic E-state index is -0.0284. The van der Waals surface area contributed by atoms with E-state index in [9.17, 15) is 0 Å². The van der Waals surface area contributed by atoms with Crippen molar-refractivity contribution in [2.24, 2.45) is 0 Å². The summed E-state index contributed by atoms with van der Waals surface area (Å²) in [6.07, 6.45) is 0. The van der Waals surface area contributed by atoms with E-state index in [1.807, 2.05) is 12.1 Å². The van der Waals surface area contributed by atoms with Crippen LogP contribution in [0.1, 0.15) is 25.0 Å². The van der Waals surface area contributed by atoms with Gasteiger partial charge in [-0.3, -0.25) is 0 Å². The smallest absolute Gasteiger partial charge is 0.152 e. The molecule has 0 saturated carbocycles. The number of para-hydroxylation sites is 4. The zero-order valence-corrected chi connectivity index (χ0v) is 30.1. The molecule has 256 valence electrons. The molecule has 8 aromatic carbocycles. The molecule has 2 aliphatic rings. The zero-order valence-electron chi connectivity index (χ0n) is 30.1. The Labute approximate surface area is 315 Å². The number of rotatable bonds is 4. The Hall–Kier alpha value is -6.84. The number of fused-ring (bicyclic) bond motifs is 8. The lowest BCUT2D eigenvalue weighted by Gasteiger charge is -2.33. The largest absolute Gasteiger partial charge is 0.453 e. The second kappa shape index (κ2) is 11.6. The molecule has 1 aliphatic carbocycles. The molecule has 0 spiro atoms. The van der Waals surface area contributed by atoms with Crippen molar-refractivity contribution in [1.29, 1.82) is 0 Å². The van der Waals surface area contributed by atoms with E-state index in [0.717, 1.165) is 39.7 Å². The van der Waals surface area contributed by atoms with Crippen LogP contribution in [0.3, 0.4) is 0 Å². The van der Waals surface area contributed by atoms with Gasteiger partial charge in [-0.1, -0.05) is 129 Å². The average Bonchev–Trinajstić information content (AvgIpc) is 3.67. The molecule has 0 fully saturated rings. The van der Waals surface area contributed by atoms with Crippen LogP contribution in [-0.4, -0.2) is 4.57 Å². The van der Waals surface area contributed by atoms with Crippen LogP contribution in [0.2, 0.25) is 0 Å². The average molecular weight is 693 g/mol. The van der Waals surface area contributed by atoms with Crippen molar-refractivity contribution in [2.75, 3.05) is 4.90 Å². The van der Waals surface area contributed by atoms with Crippen LogP contribution in [0.5, 0.6) is 11.5 Å². The number of ether oxygens (including phenoxy) is 1. The fourth-order valence-corrected chi connectivity index (χ4v) is 8.95. The quantitative estimate of drug-likeness (QED) is 0.183. The van der Waals surface area contributed by atoms with E-state index in [4.69, 9.17) is 4.74 Å². The first-order valence-corrected chi connectivity index (χ1v) is 18.7. The van der Waals surface area contributed by atoms with Gasteiger partial charge in [-0.15, -0.1) is 0 Å². The summed E-state index contributed by atoms with van der Waals surface area (Å²) < 4.78 is 9.00. The Morgan fingerprint density at radius 3 is 1.96 bits per heavy atom. The van der Waals surface area contributed by atoms with Gasteiger partial charge in [0.2, 0.25) is 0 Å². The Kier molecular flexibility index (Phi) is 6.60. The first-order valence-electron chi connectivity index (χ1n) is 18.7. The van der Waals surface area contributed by atoms with Gasteiger partial charge in [0.05, 0.1) is 22.4 Å². The summed E-state index contributed by atoms with van der Waals surface area (Å²) in [5.41, 5.74) is 16.8. The summed E-state index contributed by atoms with van der Waals surface area (Å²) in [6, 6.07) is 65.8. The third-order valence-corrected chi connectivity index (χ3v) is 11.6. The molecule has 2 heterocycles. The van der Waals surface area contributed by atoms with Crippen LogP contribution in [0.25, 0.3) is 60.9 Å². The number of aromatic nitrogens is 1. The highest BCUT2D eigenvalue weighted by Gasteiger charge is 2.35. The Morgan fingerprint density at radius 1 is 0.407 bits per heavy atom. The first kappa shape index (κ1) is 30.8. The topological polar surface area (TPSA) is 17.4 Å². The third-order valence-electron chi connectivity index (χ3n) is 11.6. The van der Waals surface area contributed by atoms with Gasteiger partial charge < -0.3 is 14.2 Å². The van der Waals surface area contributed by atoms with Crippen molar-refractivity contribution in [3.8, 4) is 50.6 Å². The van der Waals surface area contributed by atoms with Gasteiger partial charge in [0.1, 0.15) is 0 Å². The molecule has 0 saturated heterocycles. The molecular weight excluding hydrogens is 657 g/mol. The predicted octanol–water partition coefficient (Wildman–Crippen LogP) is 14.0. The second-order valence-electron chi connectivity index (χ2n) is 15.0. The third kappa shape index (κ3) is 4.55. The molecule has 54 heavy (non-hydrogen) atoms. The molecule has 3 nitrogen and oxygen atoms in total. The lowest BCUT2D eigenvalue weighted by molar-refractivity contribution is 0.477. The highest BCUT2D eigenvalue weighted by molar-refractivity contribution is 6.10. The standard InChI is InChI=1S/C51H36N2O/c1-51(2)43-19-8-6-17-39(43)42-32-38(25-27-44(42)51)53-45-20-9-7-18-40(45)41-26-23-35(30-48(41)53)33-13-12-14-34(29-33)36-24-28-47-50(31-36)54-49-22-11-10-21-46(49)52(47)37-15-4-3-5-16-37/h3-32H,1-2H3. The molecular formula is C51H36N2O. The van der Waals surface area contributed by atoms with E-state index in [-0.39, 0.29) is 5.41 Å². The van der Waals surface area contributed by atoms with Crippen molar-refractivity contribution >= 4 is 38.9 Å². The first-order chi connectivity index (χ1) is 26.5. The zero-order chi connectivity index (χ0) is 36.0. The van der Waals surface area contributed by atoms with Gasteiger partial charge >= 0.3 is 0 Å². The minimum Gasteiger partial charge on any atom is -0.453 e. The molecule has 1 aliphatic heterocycles. The summed E-state index contributed by atoms with van der Waals surface area (Å²) in [5.74, 6) is 1.69. The molecule has 9 aromatic rings. The van der Waals surface area contributed by atoms with Crippen molar-refractivity contribution in [3.05, 3.63) is 193 Å². The number of benzene rings is 8. The molecule has 0 unspecified atom stereocenters. The van der Waals surface area contributed by atoms with Crippen molar-refractivity contribution < 1.29 is 4.74 Å². The van der Waals surface area contributed by atoms with Gasteiger partial charge in [0.15, 0.2) is 11.5 Å². The van der Waals surface area contributed by atoms with Crippen LogP contribution in [0, 0.1) is 0 Å². The number of nitrogens with zero attached hydrogens (tertiary/aromatic N) is 2. The molecule has 0 N–H and O–H groups in total. The van der Waals surface area contributed by atoms with Crippen molar-refractivity contribution in [3.63, 3.8) is 0 Å². The van der Waals surface area contributed by atoms with E-state index in [1.165, 1.54) is 60.9 Å². The van der Waals surface area contributed by atoms with E-state index in [2.05, 4.69) is 193 Å². The van der Waals surface area contributed by atoms with Crippen LogP contribution in [-0.2, 0) is 5.41 Å². The summed E-state index contributed by atoms with van der Waals surface area (Å²) in [4.78, 5) is 2.28. The van der Waals surface area contributed by atoms with Crippen LogP contribution in [0.4, 0.5) is 17.1 Å². The summed E-state index contributed by atoms with van der Waals surface area (Å²) >= 11 is 0.